The van der Waals surface area contributed by atoms with Crippen LogP contribution in [0, 0.1) is 0 Å². The third-order valence-electron chi connectivity index (χ3n) is 5.24. The van der Waals surface area contributed by atoms with Crippen LogP contribution in [0.2, 0.25) is 0 Å². The fourth-order valence-electron chi connectivity index (χ4n) is 3.47. The Labute approximate surface area is 175 Å². The average Bonchev–Trinajstić information content (AvgIpc) is 3.12. The van der Waals surface area contributed by atoms with Crippen molar-refractivity contribution in [2.45, 2.75) is 0 Å². The molecule has 0 unspecified atom stereocenters. The van der Waals surface area contributed by atoms with Crippen LogP contribution in [0.25, 0.3) is 17.2 Å². The van der Waals surface area contributed by atoms with Gasteiger partial charge in [0.2, 0.25) is 5.95 Å². The number of pyridine rings is 1. The van der Waals surface area contributed by atoms with Crippen molar-refractivity contribution >= 4 is 40.6 Å². The molecule has 30 heavy (non-hydrogen) atoms. The summed E-state index contributed by atoms with van der Waals surface area (Å²) in [5.41, 5.74) is 2.21. The highest BCUT2D eigenvalue weighted by atomic mass is 16.2. The van der Waals surface area contributed by atoms with Crippen LogP contribution in [-0.4, -0.2) is 82.5 Å². The predicted molar refractivity (Wildman–Crippen MR) is 119 cm³/mol. The molecule has 156 valence electrons. The number of hydrogen-bond donors (Lipinski definition) is 1. The molecule has 3 aromatic rings. The monoisotopic (exact) mass is 406 g/mol. The number of carbonyl (C=O) groups is 1. The van der Waals surface area contributed by atoms with Gasteiger partial charge in [0, 0.05) is 58.1 Å². The van der Waals surface area contributed by atoms with Crippen LogP contribution in [0.3, 0.4) is 0 Å². The molecule has 0 atom stereocenters. The number of likely N-dealkylation sites (N-methyl/N-ethyl adjacent to an activating group) is 1. The van der Waals surface area contributed by atoms with Crippen molar-refractivity contribution in [3.8, 4) is 0 Å². The molecule has 0 bridgehead atoms. The van der Waals surface area contributed by atoms with Gasteiger partial charge >= 0.3 is 0 Å². The fourth-order valence-corrected chi connectivity index (χ4v) is 3.47. The molecule has 1 aliphatic rings. The first-order valence-electron chi connectivity index (χ1n) is 9.85. The minimum Gasteiger partial charge on any atom is -0.368 e. The van der Waals surface area contributed by atoms with Gasteiger partial charge in [-0.25, -0.2) is 9.97 Å². The Morgan fingerprint density at radius 2 is 1.93 bits per heavy atom. The van der Waals surface area contributed by atoms with E-state index in [1.165, 1.54) is 4.90 Å². The van der Waals surface area contributed by atoms with E-state index in [0.29, 0.717) is 23.1 Å². The molecule has 9 heteroatoms. The first-order chi connectivity index (χ1) is 14.5. The second kappa shape index (κ2) is 8.11. The average molecular weight is 406 g/mol. The Bertz CT molecular complexity index is 1060. The molecule has 0 saturated carbocycles. The molecule has 4 rings (SSSR count). The number of piperazine rings is 1. The maximum Gasteiger partial charge on any atom is 0.270 e. The maximum absolute atomic E-state index is 12.4. The van der Waals surface area contributed by atoms with Gasteiger partial charge in [-0.1, -0.05) is 6.58 Å². The van der Waals surface area contributed by atoms with E-state index in [9.17, 15) is 4.79 Å². The Hall–Kier alpha value is -3.46. The number of nitrogens with zero attached hydrogens (tertiary/aromatic N) is 7. The Morgan fingerprint density at radius 1 is 1.17 bits per heavy atom. The SMILES string of the molecule is C=Cn1c(C(=O)N(C)C)cc2cnc(Nc3ccc(N4CCN(C)CC4)cn3)nc21. The molecular weight excluding hydrogens is 380 g/mol. The lowest BCUT2D eigenvalue weighted by molar-refractivity contribution is 0.0821. The van der Waals surface area contributed by atoms with Gasteiger partial charge in [0.1, 0.15) is 17.2 Å². The zero-order chi connectivity index (χ0) is 21.3. The second-order valence-corrected chi connectivity index (χ2v) is 7.57. The molecular formula is C21H26N8O. The van der Waals surface area contributed by atoms with Gasteiger partial charge in [-0.2, -0.15) is 4.98 Å². The van der Waals surface area contributed by atoms with Crippen LogP contribution >= 0.6 is 0 Å². The summed E-state index contributed by atoms with van der Waals surface area (Å²) in [6, 6.07) is 5.75. The lowest BCUT2D eigenvalue weighted by atomic mass is 10.3. The molecule has 1 aliphatic heterocycles. The van der Waals surface area contributed by atoms with Crippen LogP contribution in [0.5, 0.6) is 0 Å². The molecule has 4 heterocycles. The van der Waals surface area contributed by atoms with E-state index >= 15 is 0 Å². The van der Waals surface area contributed by atoms with Crippen LogP contribution in [0.4, 0.5) is 17.5 Å². The van der Waals surface area contributed by atoms with Gasteiger partial charge in [0.15, 0.2) is 0 Å². The smallest absolute Gasteiger partial charge is 0.270 e. The van der Waals surface area contributed by atoms with Gasteiger partial charge in [-0.05, 0) is 25.2 Å². The number of nitrogens with one attached hydrogen (secondary N) is 1. The summed E-state index contributed by atoms with van der Waals surface area (Å²) in [6.45, 7) is 7.92. The Kier molecular flexibility index (Phi) is 5.37. The van der Waals surface area contributed by atoms with Crippen LogP contribution < -0.4 is 10.2 Å². The van der Waals surface area contributed by atoms with Crippen molar-refractivity contribution in [2.24, 2.45) is 0 Å². The molecule has 0 spiro atoms. The fraction of sp³-hybridized carbons (Fsp3) is 0.333. The van der Waals surface area contributed by atoms with Crippen molar-refractivity contribution in [3.63, 3.8) is 0 Å². The summed E-state index contributed by atoms with van der Waals surface area (Å²) in [5.74, 6) is 0.949. The zero-order valence-electron chi connectivity index (χ0n) is 17.5. The number of rotatable bonds is 5. The van der Waals surface area contributed by atoms with Gasteiger partial charge in [-0.15, -0.1) is 0 Å². The molecule has 0 aliphatic carbocycles. The first kappa shape index (κ1) is 19.8. The molecule has 9 nitrogen and oxygen atoms in total. The third-order valence-corrected chi connectivity index (χ3v) is 5.24. The lowest BCUT2D eigenvalue weighted by Crippen LogP contribution is -2.44. The number of carbonyl (C=O) groups excluding carboxylic acids is 1. The van der Waals surface area contributed by atoms with Crippen molar-refractivity contribution in [1.82, 2.24) is 29.3 Å². The topological polar surface area (TPSA) is 82.4 Å². The summed E-state index contributed by atoms with van der Waals surface area (Å²) in [7, 11) is 5.56. The van der Waals surface area contributed by atoms with Crippen molar-refractivity contribution in [2.75, 3.05) is 57.5 Å². The van der Waals surface area contributed by atoms with Crippen molar-refractivity contribution < 1.29 is 4.79 Å². The molecule has 0 radical (unpaired) electrons. The van der Waals surface area contributed by atoms with Crippen LogP contribution in [0.15, 0.2) is 37.2 Å². The van der Waals surface area contributed by atoms with Crippen molar-refractivity contribution in [3.05, 3.63) is 42.9 Å². The number of fused-ring (bicyclic) bond motifs is 1. The third kappa shape index (κ3) is 3.84. The second-order valence-electron chi connectivity index (χ2n) is 7.57. The van der Waals surface area contributed by atoms with Gasteiger partial charge in [0.25, 0.3) is 5.91 Å². The van der Waals surface area contributed by atoms with E-state index in [1.54, 1.807) is 37.1 Å². The van der Waals surface area contributed by atoms with Gasteiger partial charge < -0.3 is 20.0 Å². The molecule has 1 N–H and O–H groups in total. The highest BCUT2D eigenvalue weighted by molar-refractivity contribution is 5.98. The summed E-state index contributed by atoms with van der Waals surface area (Å²) < 4.78 is 1.68. The summed E-state index contributed by atoms with van der Waals surface area (Å²) in [4.78, 5) is 32.0. The Balaban J connectivity index is 1.55. The molecule has 1 amide bonds. The van der Waals surface area contributed by atoms with Crippen molar-refractivity contribution in [1.29, 1.82) is 0 Å². The Morgan fingerprint density at radius 3 is 2.57 bits per heavy atom. The standard InChI is InChI=1S/C21H26N8O/c1-5-29-17(20(30)26(2)3)12-15-13-23-21(25-19(15)29)24-18-7-6-16(14-22-18)28-10-8-27(4)9-11-28/h5-7,12-14H,1,8-11H2,2-4H3,(H,22,23,24,25). The zero-order valence-corrected chi connectivity index (χ0v) is 17.5. The summed E-state index contributed by atoms with van der Waals surface area (Å²) >= 11 is 0. The number of amides is 1. The molecule has 1 saturated heterocycles. The first-order valence-corrected chi connectivity index (χ1v) is 9.85. The van der Waals surface area contributed by atoms with E-state index < -0.39 is 0 Å². The number of anilines is 3. The van der Waals surface area contributed by atoms with E-state index in [1.807, 2.05) is 12.3 Å². The number of hydrogen-bond acceptors (Lipinski definition) is 7. The number of aromatic nitrogens is 4. The summed E-state index contributed by atoms with van der Waals surface area (Å²) in [5, 5.41) is 3.91. The van der Waals surface area contributed by atoms with E-state index in [0.717, 1.165) is 37.3 Å². The lowest BCUT2D eigenvalue weighted by Gasteiger charge is -2.33. The quantitative estimate of drug-likeness (QED) is 0.695. The van der Waals surface area contributed by atoms with Crippen LogP contribution in [-0.2, 0) is 0 Å². The van der Waals surface area contributed by atoms with E-state index in [2.05, 4.69) is 49.8 Å². The molecule has 1 fully saturated rings. The van der Waals surface area contributed by atoms with E-state index in [-0.39, 0.29) is 5.91 Å². The predicted octanol–water partition coefficient (Wildman–Crippen LogP) is 2.12. The normalized spacial score (nSPS) is 14.7. The van der Waals surface area contributed by atoms with Gasteiger partial charge in [0.05, 0.1) is 11.9 Å². The summed E-state index contributed by atoms with van der Waals surface area (Å²) in [6.07, 6.45) is 5.14. The largest absolute Gasteiger partial charge is 0.368 e. The van der Waals surface area contributed by atoms with Gasteiger partial charge in [-0.3, -0.25) is 9.36 Å². The molecule has 0 aromatic carbocycles. The van der Waals surface area contributed by atoms with E-state index in [4.69, 9.17) is 0 Å². The molecule has 3 aromatic heterocycles. The highest BCUT2D eigenvalue weighted by Crippen LogP contribution is 2.22. The van der Waals surface area contributed by atoms with Crippen LogP contribution in [0.1, 0.15) is 10.5 Å². The minimum absolute atomic E-state index is 0.122. The highest BCUT2D eigenvalue weighted by Gasteiger charge is 2.18. The minimum atomic E-state index is -0.122. The maximum atomic E-state index is 12.4.